The molecule has 0 saturated carbocycles. The third kappa shape index (κ3) is 8.39. The molecule has 4 nitrogen and oxygen atoms in total. The smallest absolute Gasteiger partial charge is 0.236 e. The molecule has 0 aromatic carbocycles. The first-order valence-corrected chi connectivity index (χ1v) is 5.61. The number of amides is 1. The summed E-state index contributed by atoms with van der Waals surface area (Å²) < 4.78 is 0. The fraction of sp³-hybridized carbons (Fsp3) is 0.909. The second-order valence-electron chi connectivity index (χ2n) is 4.68. The molecule has 1 unspecified atom stereocenters. The van der Waals surface area contributed by atoms with Gasteiger partial charge in [0.05, 0.1) is 6.04 Å². The summed E-state index contributed by atoms with van der Waals surface area (Å²) in [5, 5.41) is 2.85. The third-order valence-electron chi connectivity index (χ3n) is 2.14. The summed E-state index contributed by atoms with van der Waals surface area (Å²) >= 11 is 0. The van der Waals surface area contributed by atoms with Crippen molar-refractivity contribution in [2.45, 2.75) is 32.7 Å². The second kappa shape index (κ2) is 7.65. The summed E-state index contributed by atoms with van der Waals surface area (Å²) in [4.78, 5) is 13.6. The van der Waals surface area contributed by atoms with Gasteiger partial charge in [-0.05, 0) is 39.4 Å². The molecule has 3 N–H and O–H groups in total. The van der Waals surface area contributed by atoms with Crippen LogP contribution in [0.2, 0.25) is 0 Å². The van der Waals surface area contributed by atoms with E-state index in [1.807, 2.05) is 14.1 Å². The van der Waals surface area contributed by atoms with Gasteiger partial charge in [0, 0.05) is 6.54 Å². The highest BCUT2D eigenvalue weighted by Gasteiger charge is 2.13. The van der Waals surface area contributed by atoms with Crippen LogP contribution in [-0.2, 0) is 4.79 Å². The van der Waals surface area contributed by atoms with Crippen LogP contribution in [0.5, 0.6) is 0 Å². The van der Waals surface area contributed by atoms with Crippen LogP contribution in [0.4, 0.5) is 0 Å². The third-order valence-corrected chi connectivity index (χ3v) is 2.14. The SMILES string of the molecule is CC(C)CC(N)C(=O)NCCCN(C)C. The van der Waals surface area contributed by atoms with Crippen LogP contribution < -0.4 is 11.1 Å². The van der Waals surface area contributed by atoms with Gasteiger partial charge in [-0.3, -0.25) is 4.79 Å². The number of carbonyl (C=O) groups excluding carboxylic acids is 1. The van der Waals surface area contributed by atoms with Crippen molar-refractivity contribution in [3.05, 3.63) is 0 Å². The first-order valence-electron chi connectivity index (χ1n) is 5.61. The van der Waals surface area contributed by atoms with Gasteiger partial charge in [-0.2, -0.15) is 0 Å². The minimum absolute atomic E-state index is 0.0255. The van der Waals surface area contributed by atoms with E-state index in [-0.39, 0.29) is 11.9 Å². The first kappa shape index (κ1) is 14.4. The first-order chi connectivity index (χ1) is 6.93. The van der Waals surface area contributed by atoms with Gasteiger partial charge in [0.2, 0.25) is 5.91 Å². The molecule has 0 heterocycles. The van der Waals surface area contributed by atoms with Crippen LogP contribution in [0.25, 0.3) is 0 Å². The fourth-order valence-electron chi connectivity index (χ4n) is 1.35. The highest BCUT2D eigenvalue weighted by atomic mass is 16.2. The van der Waals surface area contributed by atoms with E-state index in [0.29, 0.717) is 12.5 Å². The monoisotopic (exact) mass is 215 g/mol. The molecule has 0 aromatic heterocycles. The maximum Gasteiger partial charge on any atom is 0.236 e. The molecule has 0 rings (SSSR count). The minimum Gasteiger partial charge on any atom is -0.355 e. The summed E-state index contributed by atoms with van der Waals surface area (Å²) in [7, 11) is 4.04. The van der Waals surface area contributed by atoms with E-state index in [4.69, 9.17) is 5.73 Å². The van der Waals surface area contributed by atoms with Crippen molar-refractivity contribution in [1.82, 2.24) is 10.2 Å². The van der Waals surface area contributed by atoms with Crippen molar-refractivity contribution < 1.29 is 4.79 Å². The second-order valence-corrected chi connectivity index (χ2v) is 4.68. The zero-order valence-electron chi connectivity index (χ0n) is 10.4. The van der Waals surface area contributed by atoms with E-state index >= 15 is 0 Å². The zero-order valence-corrected chi connectivity index (χ0v) is 10.4. The standard InChI is InChI=1S/C11H25N3O/c1-9(2)8-10(12)11(15)13-6-5-7-14(3)4/h9-10H,5-8,12H2,1-4H3,(H,13,15). The molecule has 0 aliphatic rings. The lowest BCUT2D eigenvalue weighted by atomic mass is 10.0. The maximum absolute atomic E-state index is 11.5. The Morgan fingerprint density at radius 1 is 1.40 bits per heavy atom. The molecule has 4 heteroatoms. The van der Waals surface area contributed by atoms with Crippen molar-refractivity contribution >= 4 is 5.91 Å². The van der Waals surface area contributed by atoms with Crippen molar-refractivity contribution in [3.63, 3.8) is 0 Å². The van der Waals surface area contributed by atoms with Crippen LogP contribution in [0, 0.1) is 5.92 Å². The average Bonchev–Trinajstić information content (AvgIpc) is 2.10. The van der Waals surface area contributed by atoms with Crippen molar-refractivity contribution in [2.24, 2.45) is 11.7 Å². The molecule has 15 heavy (non-hydrogen) atoms. The predicted molar refractivity (Wildman–Crippen MR) is 63.6 cm³/mol. The topological polar surface area (TPSA) is 58.4 Å². The molecular formula is C11H25N3O. The number of nitrogens with one attached hydrogen (secondary N) is 1. The Balaban J connectivity index is 3.56. The van der Waals surface area contributed by atoms with E-state index in [0.717, 1.165) is 19.4 Å². The average molecular weight is 215 g/mol. The lowest BCUT2D eigenvalue weighted by Crippen LogP contribution is -2.42. The van der Waals surface area contributed by atoms with Gasteiger partial charge in [-0.25, -0.2) is 0 Å². The van der Waals surface area contributed by atoms with E-state index in [1.54, 1.807) is 0 Å². The quantitative estimate of drug-likeness (QED) is 0.605. The van der Waals surface area contributed by atoms with Crippen molar-refractivity contribution in [2.75, 3.05) is 27.2 Å². The molecule has 1 atom stereocenters. The number of hydrogen-bond donors (Lipinski definition) is 2. The van der Waals surface area contributed by atoms with Crippen molar-refractivity contribution in [3.8, 4) is 0 Å². The van der Waals surface area contributed by atoms with Gasteiger partial charge >= 0.3 is 0 Å². The van der Waals surface area contributed by atoms with E-state index in [2.05, 4.69) is 24.1 Å². The molecule has 0 radical (unpaired) electrons. The highest BCUT2D eigenvalue weighted by molar-refractivity contribution is 5.81. The number of carbonyl (C=O) groups is 1. The lowest BCUT2D eigenvalue weighted by molar-refractivity contribution is -0.122. The van der Waals surface area contributed by atoms with Crippen LogP contribution in [0.3, 0.4) is 0 Å². The van der Waals surface area contributed by atoms with Crippen LogP contribution in [0.1, 0.15) is 26.7 Å². The summed E-state index contributed by atoms with van der Waals surface area (Å²) in [6.07, 6.45) is 1.71. The summed E-state index contributed by atoms with van der Waals surface area (Å²) in [6, 6.07) is -0.357. The van der Waals surface area contributed by atoms with Gasteiger partial charge in [0.15, 0.2) is 0 Å². The lowest BCUT2D eigenvalue weighted by Gasteiger charge is -2.15. The molecule has 0 aliphatic heterocycles. The Bertz CT molecular complexity index is 181. The zero-order chi connectivity index (χ0) is 11.8. The molecule has 0 saturated heterocycles. The highest BCUT2D eigenvalue weighted by Crippen LogP contribution is 2.02. The number of nitrogens with two attached hydrogens (primary N) is 1. The fourth-order valence-corrected chi connectivity index (χ4v) is 1.35. The Kier molecular flexibility index (Phi) is 7.34. The minimum atomic E-state index is -0.357. The number of rotatable bonds is 7. The van der Waals surface area contributed by atoms with E-state index < -0.39 is 0 Å². The van der Waals surface area contributed by atoms with Gasteiger partial charge in [0.25, 0.3) is 0 Å². The largest absolute Gasteiger partial charge is 0.355 e. The molecule has 0 spiro atoms. The summed E-state index contributed by atoms with van der Waals surface area (Å²) in [5.41, 5.74) is 5.74. The van der Waals surface area contributed by atoms with E-state index in [9.17, 15) is 4.79 Å². The Morgan fingerprint density at radius 3 is 2.47 bits per heavy atom. The van der Waals surface area contributed by atoms with Crippen LogP contribution in [0.15, 0.2) is 0 Å². The Labute approximate surface area is 93.2 Å². The molecular weight excluding hydrogens is 190 g/mol. The summed E-state index contributed by atoms with van der Waals surface area (Å²) in [5.74, 6) is 0.440. The van der Waals surface area contributed by atoms with Gasteiger partial charge in [-0.1, -0.05) is 13.8 Å². The molecule has 90 valence electrons. The normalized spacial score (nSPS) is 13.3. The van der Waals surface area contributed by atoms with Gasteiger partial charge < -0.3 is 16.0 Å². The molecule has 0 fully saturated rings. The molecule has 0 bridgehead atoms. The summed E-state index contributed by atoms with van der Waals surface area (Å²) in [6.45, 7) is 5.83. The van der Waals surface area contributed by atoms with E-state index in [1.165, 1.54) is 0 Å². The number of nitrogens with zero attached hydrogens (tertiary/aromatic N) is 1. The molecule has 1 amide bonds. The van der Waals surface area contributed by atoms with Gasteiger partial charge in [-0.15, -0.1) is 0 Å². The van der Waals surface area contributed by atoms with Gasteiger partial charge in [0.1, 0.15) is 0 Å². The Morgan fingerprint density at radius 2 is 2.00 bits per heavy atom. The Hall–Kier alpha value is -0.610. The number of hydrogen-bond acceptors (Lipinski definition) is 3. The van der Waals surface area contributed by atoms with Crippen LogP contribution >= 0.6 is 0 Å². The maximum atomic E-state index is 11.5. The van der Waals surface area contributed by atoms with Crippen LogP contribution in [-0.4, -0.2) is 44.0 Å². The molecule has 0 aliphatic carbocycles. The predicted octanol–water partition coefficient (Wildman–Crippen LogP) is 0.428. The van der Waals surface area contributed by atoms with Crippen molar-refractivity contribution in [1.29, 1.82) is 0 Å². The molecule has 0 aromatic rings.